The van der Waals surface area contributed by atoms with E-state index >= 15 is 0 Å². The molecule has 0 saturated heterocycles. The van der Waals surface area contributed by atoms with E-state index in [1.165, 1.54) is 42.2 Å². The molecule has 0 bridgehead atoms. The Morgan fingerprint density at radius 1 is 1.05 bits per heavy atom. The molecule has 1 aliphatic heterocycles. The summed E-state index contributed by atoms with van der Waals surface area (Å²) in [5.74, 6) is -0.753. The maximum absolute atomic E-state index is 13.8. The Balaban J connectivity index is 1.98. The summed E-state index contributed by atoms with van der Waals surface area (Å²) in [6.45, 7) is 8.24. The monoisotopic (exact) mass is 535 g/mol. The van der Waals surface area contributed by atoms with Gasteiger partial charge in [0, 0.05) is 18.2 Å². The number of hydrogen-bond donors (Lipinski definition) is 1. The number of ether oxygens (including phenoxy) is 2. The van der Waals surface area contributed by atoms with Crippen molar-refractivity contribution in [3.05, 3.63) is 53.8 Å². The first-order valence-corrected chi connectivity index (χ1v) is 13.7. The van der Waals surface area contributed by atoms with Crippen LogP contribution >= 0.6 is 0 Å². The lowest BCUT2D eigenvalue weighted by Gasteiger charge is -2.34. The van der Waals surface area contributed by atoms with Gasteiger partial charge in [0.05, 0.1) is 11.4 Å². The molecular formula is C26H34FN3O6S. The number of halogens is 1. The molecule has 2 aromatic rings. The highest BCUT2D eigenvalue weighted by atomic mass is 32.2. The number of nitrogens with zero attached hydrogens (tertiary/aromatic N) is 2. The van der Waals surface area contributed by atoms with Gasteiger partial charge in [-0.3, -0.25) is 13.9 Å². The van der Waals surface area contributed by atoms with Crippen LogP contribution in [0.2, 0.25) is 0 Å². The van der Waals surface area contributed by atoms with Gasteiger partial charge in [-0.25, -0.2) is 12.8 Å². The number of sulfonamides is 1. The van der Waals surface area contributed by atoms with E-state index in [1.807, 2.05) is 20.8 Å². The molecule has 2 amide bonds. The number of rotatable bonds is 10. The van der Waals surface area contributed by atoms with Crippen molar-refractivity contribution in [2.45, 2.75) is 59.2 Å². The van der Waals surface area contributed by atoms with Gasteiger partial charge in [0.1, 0.15) is 18.4 Å². The fourth-order valence-electron chi connectivity index (χ4n) is 3.92. The van der Waals surface area contributed by atoms with Gasteiger partial charge in [0.25, 0.3) is 0 Å². The van der Waals surface area contributed by atoms with Gasteiger partial charge < -0.3 is 19.7 Å². The summed E-state index contributed by atoms with van der Waals surface area (Å²) >= 11 is 0. The molecule has 37 heavy (non-hydrogen) atoms. The Labute approximate surface area is 217 Å². The number of hydrogen-bond acceptors (Lipinski definition) is 6. The van der Waals surface area contributed by atoms with Gasteiger partial charge in [0.2, 0.25) is 28.6 Å². The average Bonchev–Trinajstić information content (AvgIpc) is 3.30. The summed E-state index contributed by atoms with van der Waals surface area (Å²) in [5.41, 5.74) is 0.303. The van der Waals surface area contributed by atoms with Crippen molar-refractivity contribution < 1.29 is 31.9 Å². The van der Waals surface area contributed by atoms with Crippen LogP contribution in [0.15, 0.2) is 42.5 Å². The van der Waals surface area contributed by atoms with Crippen molar-refractivity contribution in [1.82, 2.24) is 10.2 Å². The van der Waals surface area contributed by atoms with E-state index in [2.05, 4.69) is 5.32 Å². The number of amides is 2. The van der Waals surface area contributed by atoms with E-state index in [9.17, 15) is 22.4 Å². The minimum Gasteiger partial charge on any atom is -0.454 e. The quantitative estimate of drug-likeness (QED) is 0.500. The summed E-state index contributed by atoms with van der Waals surface area (Å²) in [4.78, 5) is 28.3. The molecule has 202 valence electrons. The third kappa shape index (κ3) is 7.12. The molecular weight excluding hydrogens is 501 g/mol. The molecule has 0 spiro atoms. The molecule has 1 N–H and O–H groups in total. The second-order valence-corrected chi connectivity index (χ2v) is 11.9. The largest absolute Gasteiger partial charge is 0.454 e. The van der Waals surface area contributed by atoms with Crippen LogP contribution in [0.3, 0.4) is 0 Å². The highest BCUT2D eigenvalue weighted by Gasteiger charge is 2.34. The fraction of sp³-hybridized carbons (Fsp3) is 0.462. The molecule has 2 aromatic carbocycles. The number of nitrogens with one attached hydrogen (secondary N) is 1. The van der Waals surface area contributed by atoms with Gasteiger partial charge in [-0.05, 0) is 63.9 Å². The molecule has 1 unspecified atom stereocenters. The molecule has 0 fully saturated rings. The number of anilines is 1. The van der Waals surface area contributed by atoms with Crippen molar-refractivity contribution in [2.75, 3.05) is 23.4 Å². The molecule has 1 aliphatic rings. The number of fused-ring (bicyclic) bond motifs is 1. The zero-order valence-electron chi connectivity index (χ0n) is 21.8. The Kier molecular flexibility index (Phi) is 8.68. The van der Waals surface area contributed by atoms with E-state index in [0.717, 1.165) is 4.31 Å². The van der Waals surface area contributed by atoms with Crippen LogP contribution < -0.4 is 19.1 Å². The fourth-order valence-corrected chi connectivity index (χ4v) is 4.97. The van der Waals surface area contributed by atoms with Crippen molar-refractivity contribution in [3.8, 4) is 11.5 Å². The molecule has 9 nitrogen and oxygen atoms in total. The van der Waals surface area contributed by atoms with Gasteiger partial charge in [-0.2, -0.15) is 0 Å². The van der Waals surface area contributed by atoms with Crippen LogP contribution in [0.1, 0.15) is 46.6 Å². The smallest absolute Gasteiger partial charge is 0.244 e. The number of carbonyl (C=O) groups excluding carboxylic acids is 2. The topological polar surface area (TPSA) is 105 Å². The van der Waals surface area contributed by atoms with Crippen LogP contribution in [0.25, 0.3) is 0 Å². The SMILES string of the molecule is CCC(C(=O)NC(C)(C)C)N(Cc1ccc(F)cc1)C(=O)CN(c1ccc2c(c1)OCO2)S(=O)(=O)CC. The highest BCUT2D eigenvalue weighted by Crippen LogP contribution is 2.36. The first kappa shape index (κ1) is 28.2. The molecule has 0 saturated carbocycles. The van der Waals surface area contributed by atoms with E-state index in [-0.39, 0.29) is 30.7 Å². The predicted octanol–water partition coefficient (Wildman–Crippen LogP) is 3.43. The van der Waals surface area contributed by atoms with Crippen molar-refractivity contribution in [3.63, 3.8) is 0 Å². The molecule has 0 aromatic heterocycles. The van der Waals surface area contributed by atoms with Crippen LogP contribution in [-0.4, -0.2) is 55.8 Å². The lowest BCUT2D eigenvalue weighted by atomic mass is 10.1. The summed E-state index contributed by atoms with van der Waals surface area (Å²) in [7, 11) is -3.88. The number of carbonyl (C=O) groups is 2. The van der Waals surface area contributed by atoms with E-state index < -0.39 is 39.9 Å². The lowest BCUT2D eigenvalue weighted by molar-refractivity contribution is -0.141. The minimum atomic E-state index is -3.88. The molecule has 1 atom stereocenters. The normalized spacial score (nSPS) is 13.7. The molecule has 0 aliphatic carbocycles. The maximum atomic E-state index is 13.8. The summed E-state index contributed by atoms with van der Waals surface area (Å²) in [5, 5.41) is 2.90. The van der Waals surface area contributed by atoms with Gasteiger partial charge in [0.15, 0.2) is 11.5 Å². The Bertz CT molecular complexity index is 1230. The van der Waals surface area contributed by atoms with Crippen LogP contribution in [0, 0.1) is 5.82 Å². The van der Waals surface area contributed by atoms with Crippen molar-refractivity contribution in [2.24, 2.45) is 0 Å². The van der Waals surface area contributed by atoms with Gasteiger partial charge in [-0.15, -0.1) is 0 Å². The summed E-state index contributed by atoms with van der Waals surface area (Å²) < 4.78 is 51.4. The molecule has 0 radical (unpaired) electrons. The van der Waals surface area contributed by atoms with Crippen LogP contribution in [0.4, 0.5) is 10.1 Å². The minimum absolute atomic E-state index is 0.00364. The summed E-state index contributed by atoms with van der Waals surface area (Å²) in [6, 6.07) is 9.37. The maximum Gasteiger partial charge on any atom is 0.244 e. The van der Waals surface area contributed by atoms with Gasteiger partial charge >= 0.3 is 0 Å². The predicted molar refractivity (Wildman–Crippen MR) is 138 cm³/mol. The standard InChI is InChI=1S/C26H34FN3O6S/c1-6-21(25(32)28-26(3,4)5)29(15-18-8-10-19(27)11-9-18)24(31)16-30(37(33,34)7-2)20-12-13-22-23(14-20)36-17-35-22/h8-14,21H,6-7,15-17H2,1-5H3,(H,28,32). The zero-order valence-corrected chi connectivity index (χ0v) is 22.6. The second kappa shape index (κ2) is 11.4. The number of benzene rings is 2. The second-order valence-electron chi connectivity index (χ2n) is 9.76. The zero-order chi connectivity index (χ0) is 27.4. The Morgan fingerprint density at radius 3 is 2.30 bits per heavy atom. The molecule has 1 heterocycles. The van der Waals surface area contributed by atoms with Gasteiger partial charge in [-0.1, -0.05) is 19.1 Å². The molecule has 11 heteroatoms. The summed E-state index contributed by atoms with van der Waals surface area (Å²) in [6.07, 6.45) is 0.291. The van der Waals surface area contributed by atoms with E-state index in [4.69, 9.17) is 9.47 Å². The van der Waals surface area contributed by atoms with E-state index in [0.29, 0.717) is 23.5 Å². The average molecular weight is 536 g/mol. The van der Waals surface area contributed by atoms with Crippen LogP contribution in [0.5, 0.6) is 11.5 Å². The first-order valence-electron chi connectivity index (χ1n) is 12.1. The Morgan fingerprint density at radius 2 is 1.70 bits per heavy atom. The third-order valence-corrected chi connectivity index (χ3v) is 7.51. The Hall–Kier alpha value is -3.34. The molecule has 3 rings (SSSR count). The van der Waals surface area contributed by atoms with E-state index in [1.54, 1.807) is 19.1 Å². The highest BCUT2D eigenvalue weighted by molar-refractivity contribution is 7.92. The first-order chi connectivity index (χ1) is 17.3. The van der Waals surface area contributed by atoms with Crippen molar-refractivity contribution >= 4 is 27.5 Å². The van der Waals surface area contributed by atoms with Crippen molar-refractivity contribution in [1.29, 1.82) is 0 Å². The third-order valence-electron chi connectivity index (χ3n) is 5.77. The van der Waals surface area contributed by atoms with Crippen LogP contribution in [-0.2, 0) is 26.2 Å². The lowest BCUT2D eigenvalue weighted by Crippen LogP contribution is -2.55.